The normalized spacial score (nSPS) is 12.2. The zero-order valence-corrected chi connectivity index (χ0v) is 12.2. The molecule has 0 radical (unpaired) electrons. The Balaban J connectivity index is 2.81. The van der Waals surface area contributed by atoms with Crippen LogP contribution in [-0.4, -0.2) is 18.3 Å². The van der Waals surface area contributed by atoms with E-state index in [1.54, 1.807) is 18.2 Å². The second kappa shape index (κ2) is 7.54. The molecule has 0 amide bonds. The molecule has 18 heavy (non-hydrogen) atoms. The minimum atomic E-state index is -0.226. The van der Waals surface area contributed by atoms with Crippen molar-refractivity contribution in [3.63, 3.8) is 0 Å². The van der Waals surface area contributed by atoms with Crippen molar-refractivity contribution in [2.24, 2.45) is 0 Å². The van der Waals surface area contributed by atoms with E-state index >= 15 is 0 Å². The van der Waals surface area contributed by atoms with E-state index in [0.29, 0.717) is 10.7 Å². The number of nitrogen functional groups attached to an aromatic ring is 1. The topological polar surface area (TPSA) is 52.3 Å². The third-order valence-corrected chi connectivity index (χ3v) is 4.08. The van der Waals surface area contributed by atoms with Crippen LogP contribution >= 0.6 is 23.4 Å². The molecule has 1 rings (SSSR count). The molecule has 0 aliphatic heterocycles. The number of ether oxygens (including phenoxy) is 1. The Bertz CT molecular complexity index is 412. The van der Waals surface area contributed by atoms with Crippen LogP contribution in [0.25, 0.3) is 0 Å². The summed E-state index contributed by atoms with van der Waals surface area (Å²) in [5, 5.41) is 0.390. The first-order valence-electron chi connectivity index (χ1n) is 5.88. The Kier molecular flexibility index (Phi) is 6.36. The van der Waals surface area contributed by atoms with Crippen LogP contribution in [0.5, 0.6) is 0 Å². The molecule has 2 N–H and O–H groups in total. The Morgan fingerprint density at radius 1 is 1.56 bits per heavy atom. The number of rotatable bonds is 6. The van der Waals surface area contributed by atoms with Crippen molar-refractivity contribution in [2.45, 2.75) is 36.3 Å². The van der Waals surface area contributed by atoms with Crippen LogP contribution in [-0.2, 0) is 9.53 Å². The minimum absolute atomic E-state index is 0.215. The van der Waals surface area contributed by atoms with Gasteiger partial charge >= 0.3 is 5.97 Å². The second-order valence-corrected chi connectivity index (χ2v) is 5.64. The minimum Gasteiger partial charge on any atom is -0.468 e. The number of thioether (sulfide) groups is 1. The number of carbonyl (C=O) groups excluding carboxylic acids is 1. The van der Waals surface area contributed by atoms with Crippen LogP contribution in [0.3, 0.4) is 0 Å². The fourth-order valence-electron chi connectivity index (χ4n) is 1.51. The molecule has 0 bridgehead atoms. The highest BCUT2D eigenvalue weighted by Crippen LogP contribution is 2.33. The average molecular weight is 288 g/mol. The average Bonchev–Trinajstić information content (AvgIpc) is 2.37. The molecule has 1 unspecified atom stereocenters. The lowest BCUT2D eigenvalue weighted by molar-refractivity contribution is -0.140. The van der Waals surface area contributed by atoms with Gasteiger partial charge in [0, 0.05) is 15.6 Å². The van der Waals surface area contributed by atoms with Gasteiger partial charge in [-0.3, -0.25) is 4.79 Å². The van der Waals surface area contributed by atoms with Crippen LogP contribution in [0, 0.1) is 0 Å². The summed E-state index contributed by atoms with van der Waals surface area (Å²) in [6.07, 6.45) is 2.80. The van der Waals surface area contributed by atoms with Crippen molar-refractivity contribution in [3.05, 3.63) is 23.2 Å². The molecule has 100 valence electrons. The van der Waals surface area contributed by atoms with Gasteiger partial charge in [0.05, 0.1) is 7.11 Å². The van der Waals surface area contributed by atoms with Gasteiger partial charge in [-0.25, -0.2) is 0 Å². The van der Waals surface area contributed by atoms with Crippen LogP contribution in [0.15, 0.2) is 23.1 Å². The predicted molar refractivity (Wildman–Crippen MR) is 77.1 cm³/mol. The maximum absolute atomic E-state index is 11.7. The van der Waals surface area contributed by atoms with Gasteiger partial charge in [-0.05, 0) is 24.6 Å². The Labute approximate surface area is 117 Å². The highest BCUT2D eigenvalue weighted by Gasteiger charge is 2.21. The summed E-state index contributed by atoms with van der Waals surface area (Å²) in [5.74, 6) is -0.215. The lowest BCUT2D eigenvalue weighted by Gasteiger charge is -2.15. The fourth-order valence-corrected chi connectivity index (χ4v) is 2.93. The quantitative estimate of drug-likeness (QED) is 0.492. The highest BCUT2D eigenvalue weighted by atomic mass is 35.5. The maximum Gasteiger partial charge on any atom is 0.319 e. The third kappa shape index (κ3) is 4.42. The SMILES string of the molecule is CCCCC(Sc1cc(Cl)ccc1N)C(=O)OC. The van der Waals surface area contributed by atoms with E-state index in [1.165, 1.54) is 18.9 Å². The van der Waals surface area contributed by atoms with E-state index in [-0.39, 0.29) is 11.2 Å². The Morgan fingerprint density at radius 2 is 2.28 bits per heavy atom. The standard InChI is InChI=1S/C13H18ClNO2S/c1-3-4-5-11(13(16)17-2)18-12-8-9(14)6-7-10(12)15/h6-8,11H,3-5,15H2,1-2H3. The first-order valence-corrected chi connectivity index (χ1v) is 7.13. The van der Waals surface area contributed by atoms with Crippen LogP contribution in [0.2, 0.25) is 5.02 Å². The van der Waals surface area contributed by atoms with Gasteiger partial charge in [-0.1, -0.05) is 31.4 Å². The maximum atomic E-state index is 11.7. The number of esters is 1. The lowest BCUT2D eigenvalue weighted by atomic mass is 10.2. The monoisotopic (exact) mass is 287 g/mol. The van der Waals surface area contributed by atoms with Crippen LogP contribution in [0.1, 0.15) is 26.2 Å². The molecule has 5 heteroatoms. The number of unbranched alkanes of at least 4 members (excludes halogenated alkanes) is 1. The van der Waals surface area contributed by atoms with Crippen molar-refractivity contribution in [2.75, 3.05) is 12.8 Å². The van der Waals surface area contributed by atoms with Crippen molar-refractivity contribution in [1.82, 2.24) is 0 Å². The van der Waals surface area contributed by atoms with E-state index in [4.69, 9.17) is 22.1 Å². The molecule has 1 aromatic carbocycles. The van der Waals surface area contributed by atoms with E-state index in [2.05, 4.69) is 6.92 Å². The summed E-state index contributed by atoms with van der Waals surface area (Å²) in [7, 11) is 1.41. The molecule has 0 saturated carbocycles. The first kappa shape index (κ1) is 15.2. The molecule has 0 aliphatic carbocycles. The molecular weight excluding hydrogens is 270 g/mol. The van der Waals surface area contributed by atoms with Gasteiger partial charge in [0.25, 0.3) is 0 Å². The zero-order chi connectivity index (χ0) is 13.5. The van der Waals surface area contributed by atoms with E-state index in [1.807, 2.05) is 0 Å². The molecule has 3 nitrogen and oxygen atoms in total. The summed E-state index contributed by atoms with van der Waals surface area (Å²) >= 11 is 7.35. The predicted octanol–water partition coefficient (Wildman–Crippen LogP) is 3.75. The van der Waals surface area contributed by atoms with E-state index in [9.17, 15) is 4.79 Å². The van der Waals surface area contributed by atoms with Gasteiger partial charge in [0.1, 0.15) is 5.25 Å². The second-order valence-electron chi connectivity index (χ2n) is 3.95. The number of benzene rings is 1. The fraction of sp³-hybridized carbons (Fsp3) is 0.462. The zero-order valence-electron chi connectivity index (χ0n) is 10.6. The van der Waals surface area contributed by atoms with Crippen molar-refractivity contribution < 1.29 is 9.53 Å². The molecule has 0 aliphatic rings. The molecule has 0 aromatic heterocycles. The van der Waals surface area contributed by atoms with Crippen molar-refractivity contribution in [3.8, 4) is 0 Å². The molecule has 0 heterocycles. The van der Waals surface area contributed by atoms with Crippen LogP contribution in [0.4, 0.5) is 5.69 Å². The highest BCUT2D eigenvalue weighted by molar-refractivity contribution is 8.00. The summed E-state index contributed by atoms with van der Waals surface area (Å²) < 4.78 is 4.82. The number of methoxy groups -OCH3 is 1. The summed E-state index contributed by atoms with van der Waals surface area (Å²) in [5.41, 5.74) is 6.51. The summed E-state index contributed by atoms with van der Waals surface area (Å²) in [6, 6.07) is 5.27. The molecular formula is C13H18ClNO2S. The number of hydrogen-bond acceptors (Lipinski definition) is 4. The van der Waals surface area contributed by atoms with Crippen molar-refractivity contribution >= 4 is 35.0 Å². The number of anilines is 1. The van der Waals surface area contributed by atoms with Crippen molar-refractivity contribution in [1.29, 1.82) is 0 Å². The van der Waals surface area contributed by atoms with E-state index in [0.717, 1.165) is 24.2 Å². The van der Waals surface area contributed by atoms with E-state index < -0.39 is 0 Å². The number of hydrogen-bond donors (Lipinski definition) is 1. The van der Waals surface area contributed by atoms with Crippen LogP contribution < -0.4 is 5.73 Å². The molecule has 0 fully saturated rings. The number of nitrogens with two attached hydrogens (primary N) is 1. The number of halogens is 1. The van der Waals surface area contributed by atoms with Gasteiger partial charge in [0.15, 0.2) is 0 Å². The largest absolute Gasteiger partial charge is 0.468 e. The first-order chi connectivity index (χ1) is 8.58. The Morgan fingerprint density at radius 3 is 2.89 bits per heavy atom. The molecule has 0 spiro atoms. The Hall–Kier alpha value is -0.870. The molecule has 1 atom stereocenters. The van der Waals surface area contributed by atoms with Gasteiger partial charge in [-0.2, -0.15) is 0 Å². The summed E-state index contributed by atoms with van der Waals surface area (Å²) in [6.45, 7) is 2.09. The third-order valence-electron chi connectivity index (χ3n) is 2.53. The molecule has 1 aromatic rings. The molecule has 0 saturated heterocycles. The number of carbonyl (C=O) groups is 1. The van der Waals surface area contributed by atoms with Gasteiger partial charge in [0.2, 0.25) is 0 Å². The van der Waals surface area contributed by atoms with Gasteiger partial charge < -0.3 is 10.5 Å². The smallest absolute Gasteiger partial charge is 0.319 e. The van der Waals surface area contributed by atoms with Gasteiger partial charge in [-0.15, -0.1) is 11.8 Å². The summed E-state index contributed by atoms with van der Waals surface area (Å²) in [4.78, 5) is 12.5. The lowest BCUT2D eigenvalue weighted by Crippen LogP contribution is -2.18.